The lowest BCUT2D eigenvalue weighted by Gasteiger charge is -2.31. The predicted molar refractivity (Wildman–Crippen MR) is 94.0 cm³/mol. The number of carbonyl (C=O) groups is 1. The Balaban J connectivity index is 1.91. The Hall–Kier alpha value is -1.64. The molecule has 1 aliphatic rings. The number of carbonyl (C=O) groups excluding carboxylic acids is 1. The van der Waals surface area contributed by atoms with Crippen LogP contribution in [0.25, 0.3) is 0 Å². The summed E-state index contributed by atoms with van der Waals surface area (Å²) < 4.78 is 37.1. The number of hydrogen-bond acceptors (Lipinski definition) is 5. The van der Waals surface area contributed by atoms with E-state index in [4.69, 9.17) is 9.47 Å². The highest BCUT2D eigenvalue weighted by atomic mass is 32.2. The van der Waals surface area contributed by atoms with Crippen LogP contribution in [-0.2, 0) is 19.6 Å². The molecule has 140 valence electrons. The van der Waals surface area contributed by atoms with Crippen molar-refractivity contribution in [3.63, 3.8) is 0 Å². The van der Waals surface area contributed by atoms with Crippen LogP contribution >= 0.6 is 0 Å². The van der Waals surface area contributed by atoms with Crippen LogP contribution in [0.15, 0.2) is 29.2 Å². The van der Waals surface area contributed by atoms with E-state index in [0.29, 0.717) is 51.3 Å². The number of hydrogen-bond donors (Lipinski definition) is 1. The normalized spacial score (nSPS) is 16.6. The summed E-state index contributed by atoms with van der Waals surface area (Å²) in [7, 11) is -1.96. The third kappa shape index (κ3) is 5.42. The van der Waals surface area contributed by atoms with Crippen molar-refractivity contribution < 1.29 is 22.7 Å². The fraction of sp³-hybridized carbons (Fsp3) is 0.588. The maximum absolute atomic E-state index is 12.7. The fourth-order valence-electron chi connectivity index (χ4n) is 2.76. The van der Waals surface area contributed by atoms with Crippen LogP contribution in [0.5, 0.6) is 5.75 Å². The highest BCUT2D eigenvalue weighted by Crippen LogP contribution is 2.23. The second-order valence-corrected chi connectivity index (χ2v) is 7.83. The van der Waals surface area contributed by atoms with Crippen molar-refractivity contribution in [2.75, 3.05) is 33.4 Å². The first-order valence-electron chi connectivity index (χ1n) is 8.48. The molecule has 2 rings (SSSR count). The lowest BCUT2D eigenvalue weighted by Crippen LogP contribution is -2.46. The maximum Gasteiger partial charge on any atom is 0.243 e. The van der Waals surface area contributed by atoms with Gasteiger partial charge in [0.25, 0.3) is 0 Å². The lowest BCUT2D eigenvalue weighted by atomic mass is 10.1. The molecule has 0 aromatic heterocycles. The van der Waals surface area contributed by atoms with Crippen molar-refractivity contribution in [1.82, 2.24) is 9.62 Å². The average molecular weight is 370 g/mol. The van der Waals surface area contributed by atoms with Gasteiger partial charge in [0.15, 0.2) is 0 Å². The van der Waals surface area contributed by atoms with Gasteiger partial charge in [-0.25, -0.2) is 8.42 Å². The van der Waals surface area contributed by atoms with E-state index in [1.165, 1.54) is 4.31 Å². The second-order valence-electron chi connectivity index (χ2n) is 5.89. The van der Waals surface area contributed by atoms with Gasteiger partial charge in [0, 0.05) is 32.7 Å². The Morgan fingerprint density at radius 1 is 1.24 bits per heavy atom. The van der Waals surface area contributed by atoms with E-state index in [1.54, 1.807) is 31.4 Å². The van der Waals surface area contributed by atoms with Gasteiger partial charge in [-0.3, -0.25) is 4.79 Å². The zero-order valence-corrected chi connectivity index (χ0v) is 15.5. The monoisotopic (exact) mass is 370 g/mol. The molecule has 0 radical (unpaired) electrons. The lowest BCUT2D eigenvalue weighted by molar-refractivity contribution is -0.122. The number of rotatable bonds is 8. The van der Waals surface area contributed by atoms with E-state index in [2.05, 4.69) is 5.32 Å². The van der Waals surface area contributed by atoms with Crippen LogP contribution in [0.3, 0.4) is 0 Å². The van der Waals surface area contributed by atoms with Crippen LogP contribution in [0.1, 0.15) is 26.2 Å². The summed E-state index contributed by atoms with van der Waals surface area (Å²) in [6.45, 7) is 3.59. The molecule has 8 heteroatoms. The first kappa shape index (κ1) is 19.7. The molecule has 1 aromatic rings. The summed E-state index contributed by atoms with van der Waals surface area (Å²) in [6.07, 6.45) is 1.53. The van der Waals surface area contributed by atoms with Crippen LogP contribution in [0.4, 0.5) is 0 Å². The summed E-state index contributed by atoms with van der Waals surface area (Å²) in [5.41, 5.74) is 0. The molecule has 0 aliphatic carbocycles. The minimum atomic E-state index is -3.51. The summed E-state index contributed by atoms with van der Waals surface area (Å²) >= 11 is 0. The number of ether oxygens (including phenoxy) is 2. The van der Waals surface area contributed by atoms with E-state index < -0.39 is 10.0 Å². The molecule has 0 spiro atoms. The van der Waals surface area contributed by atoms with E-state index >= 15 is 0 Å². The van der Waals surface area contributed by atoms with E-state index in [1.807, 2.05) is 6.92 Å². The third-order valence-corrected chi connectivity index (χ3v) is 6.04. The summed E-state index contributed by atoms with van der Waals surface area (Å²) in [4.78, 5) is 12.0. The number of nitrogens with one attached hydrogen (secondary N) is 1. The molecule has 1 amide bonds. The predicted octanol–water partition coefficient (Wildman–Crippen LogP) is 1.39. The molecule has 0 saturated carbocycles. The average Bonchev–Trinajstić information content (AvgIpc) is 2.61. The smallest absolute Gasteiger partial charge is 0.243 e. The van der Waals surface area contributed by atoms with Crippen molar-refractivity contribution >= 4 is 15.9 Å². The standard InChI is InChI=1S/C17H26N2O5S/c1-3-24-15-4-6-16(7-5-15)25(21,22)19-11-8-14(9-12-19)18-17(20)10-13-23-2/h4-7,14H,3,8-13H2,1-2H3,(H,18,20). The number of piperidine rings is 1. The van der Waals surface area contributed by atoms with Crippen molar-refractivity contribution in [1.29, 1.82) is 0 Å². The number of methoxy groups -OCH3 is 1. The van der Waals surface area contributed by atoms with Gasteiger partial charge in [0.05, 0.1) is 18.1 Å². The molecular formula is C17H26N2O5S. The first-order valence-corrected chi connectivity index (χ1v) is 9.92. The zero-order chi connectivity index (χ0) is 18.3. The Morgan fingerprint density at radius 3 is 2.44 bits per heavy atom. The van der Waals surface area contributed by atoms with Crippen LogP contribution in [0, 0.1) is 0 Å². The van der Waals surface area contributed by atoms with Gasteiger partial charge < -0.3 is 14.8 Å². The molecule has 1 fully saturated rings. The van der Waals surface area contributed by atoms with Gasteiger partial charge in [0.2, 0.25) is 15.9 Å². The Morgan fingerprint density at radius 2 is 1.88 bits per heavy atom. The van der Waals surface area contributed by atoms with Crippen LogP contribution in [0.2, 0.25) is 0 Å². The van der Waals surface area contributed by atoms with Gasteiger partial charge >= 0.3 is 0 Å². The quantitative estimate of drug-likeness (QED) is 0.747. The maximum atomic E-state index is 12.7. The molecule has 1 saturated heterocycles. The number of nitrogens with zero attached hydrogens (tertiary/aromatic N) is 1. The van der Waals surface area contributed by atoms with E-state index in [9.17, 15) is 13.2 Å². The Bertz CT molecular complexity index is 652. The van der Waals surface area contributed by atoms with Crippen LogP contribution < -0.4 is 10.1 Å². The first-order chi connectivity index (χ1) is 12.0. The Labute approximate surface area is 149 Å². The highest BCUT2D eigenvalue weighted by Gasteiger charge is 2.29. The van der Waals surface area contributed by atoms with Gasteiger partial charge in [-0.15, -0.1) is 0 Å². The third-order valence-electron chi connectivity index (χ3n) is 4.12. The molecular weight excluding hydrogens is 344 g/mol. The van der Waals surface area contributed by atoms with Crippen molar-refractivity contribution in [3.8, 4) is 5.75 Å². The Kier molecular flexibility index (Phi) is 7.22. The molecule has 1 heterocycles. The second kappa shape index (κ2) is 9.17. The summed E-state index contributed by atoms with van der Waals surface area (Å²) in [5, 5.41) is 2.93. The van der Waals surface area contributed by atoms with Gasteiger partial charge in [-0.05, 0) is 44.0 Å². The summed E-state index contributed by atoms with van der Waals surface area (Å²) in [6, 6.07) is 6.48. The van der Waals surface area contributed by atoms with E-state index in [0.717, 1.165) is 0 Å². The molecule has 0 atom stereocenters. The van der Waals surface area contributed by atoms with E-state index in [-0.39, 0.29) is 16.8 Å². The van der Waals surface area contributed by atoms with Crippen LogP contribution in [-0.4, -0.2) is 58.1 Å². The van der Waals surface area contributed by atoms with Gasteiger partial charge in [0.1, 0.15) is 5.75 Å². The molecule has 0 unspecified atom stereocenters. The minimum Gasteiger partial charge on any atom is -0.494 e. The number of benzene rings is 1. The number of amides is 1. The fourth-order valence-corrected chi connectivity index (χ4v) is 4.23. The zero-order valence-electron chi connectivity index (χ0n) is 14.7. The molecule has 1 N–H and O–H groups in total. The number of sulfonamides is 1. The molecule has 1 aromatic carbocycles. The van der Waals surface area contributed by atoms with Crippen molar-refractivity contribution in [2.24, 2.45) is 0 Å². The molecule has 7 nitrogen and oxygen atoms in total. The topological polar surface area (TPSA) is 84.9 Å². The minimum absolute atomic E-state index is 0.0103. The highest BCUT2D eigenvalue weighted by molar-refractivity contribution is 7.89. The molecule has 25 heavy (non-hydrogen) atoms. The largest absolute Gasteiger partial charge is 0.494 e. The molecule has 1 aliphatic heterocycles. The molecule has 0 bridgehead atoms. The van der Waals surface area contributed by atoms with Crippen molar-refractivity contribution in [2.45, 2.75) is 37.1 Å². The summed E-state index contributed by atoms with van der Waals surface area (Å²) in [5.74, 6) is 0.591. The SMILES string of the molecule is CCOc1ccc(S(=O)(=O)N2CCC(NC(=O)CCOC)CC2)cc1. The van der Waals surface area contributed by atoms with Gasteiger partial charge in [-0.2, -0.15) is 4.31 Å². The van der Waals surface area contributed by atoms with Crippen molar-refractivity contribution in [3.05, 3.63) is 24.3 Å². The van der Waals surface area contributed by atoms with Gasteiger partial charge in [-0.1, -0.05) is 0 Å².